The topological polar surface area (TPSA) is 96.3 Å². The predicted molar refractivity (Wildman–Crippen MR) is 97.0 cm³/mol. The highest BCUT2D eigenvalue weighted by molar-refractivity contribution is 5.74. The summed E-state index contributed by atoms with van der Waals surface area (Å²) in [6.07, 6.45) is 5.74. The Hall–Kier alpha value is -2.90. The zero-order chi connectivity index (χ0) is 19.4. The molecule has 1 saturated carbocycles. The van der Waals surface area contributed by atoms with Crippen LogP contribution in [0.25, 0.3) is 5.69 Å². The number of benzene rings is 1. The van der Waals surface area contributed by atoms with Crippen LogP contribution in [0, 0.1) is 18.7 Å². The number of hydrogen-bond donors (Lipinski definition) is 3. The standard InChI is InChI=1S/C19H23FN4O3/c1-12-21-8-9-24(12)17-7-2-13(10-16(17)20)11-22-19(27)23-15-5-3-14(4-6-15)18(25)26/h2,7-10,14-15H,3-6,11H2,1H3,(H,25,26)(H2,22,23,27). The summed E-state index contributed by atoms with van der Waals surface area (Å²) in [5, 5.41) is 14.6. The molecule has 0 aliphatic heterocycles. The molecule has 0 atom stereocenters. The fraction of sp³-hybridized carbons (Fsp3) is 0.421. The number of hydrogen-bond acceptors (Lipinski definition) is 3. The van der Waals surface area contributed by atoms with Crippen LogP contribution in [-0.4, -0.2) is 32.7 Å². The van der Waals surface area contributed by atoms with Gasteiger partial charge in [0.05, 0.1) is 11.6 Å². The normalized spacial score (nSPS) is 19.5. The lowest BCUT2D eigenvalue weighted by molar-refractivity contribution is -0.142. The Morgan fingerprint density at radius 1 is 1.30 bits per heavy atom. The van der Waals surface area contributed by atoms with E-state index < -0.39 is 5.97 Å². The maximum atomic E-state index is 14.4. The lowest BCUT2D eigenvalue weighted by Gasteiger charge is -2.26. The molecular formula is C19H23FN4O3. The number of halogens is 1. The van der Waals surface area contributed by atoms with Crippen LogP contribution in [0.15, 0.2) is 30.6 Å². The van der Waals surface area contributed by atoms with E-state index in [1.54, 1.807) is 36.0 Å². The molecule has 3 N–H and O–H groups in total. The number of nitrogens with one attached hydrogen (secondary N) is 2. The molecular weight excluding hydrogens is 351 g/mol. The number of urea groups is 1. The van der Waals surface area contributed by atoms with Crippen molar-refractivity contribution < 1.29 is 19.1 Å². The molecule has 0 saturated heterocycles. The number of aryl methyl sites for hydroxylation is 1. The number of imidazole rings is 1. The van der Waals surface area contributed by atoms with Gasteiger partial charge < -0.3 is 20.3 Å². The second-order valence-corrected chi connectivity index (χ2v) is 6.84. The third-order valence-corrected chi connectivity index (χ3v) is 4.96. The van der Waals surface area contributed by atoms with Crippen LogP contribution < -0.4 is 10.6 Å². The van der Waals surface area contributed by atoms with E-state index in [9.17, 15) is 14.0 Å². The average molecular weight is 374 g/mol. The SMILES string of the molecule is Cc1nccn1-c1ccc(CNC(=O)NC2CCC(C(=O)O)CC2)cc1F. The summed E-state index contributed by atoms with van der Waals surface area (Å²) in [4.78, 5) is 27.1. The summed E-state index contributed by atoms with van der Waals surface area (Å²) in [5.41, 5.74) is 1.06. The fourth-order valence-corrected chi connectivity index (χ4v) is 3.39. The molecule has 1 aromatic heterocycles. The summed E-state index contributed by atoms with van der Waals surface area (Å²) < 4.78 is 16.0. The van der Waals surface area contributed by atoms with Crippen LogP contribution in [0.1, 0.15) is 37.1 Å². The third-order valence-electron chi connectivity index (χ3n) is 4.96. The number of amides is 2. The molecule has 8 heteroatoms. The van der Waals surface area contributed by atoms with Gasteiger partial charge in [-0.15, -0.1) is 0 Å². The van der Waals surface area contributed by atoms with Crippen molar-refractivity contribution in [3.8, 4) is 5.69 Å². The molecule has 1 aliphatic carbocycles. The molecule has 0 spiro atoms. The first kappa shape index (κ1) is 18.9. The minimum absolute atomic E-state index is 0.0241. The molecule has 3 rings (SSSR count). The number of carboxylic acids is 1. The molecule has 1 fully saturated rings. The molecule has 27 heavy (non-hydrogen) atoms. The fourth-order valence-electron chi connectivity index (χ4n) is 3.39. The van der Waals surface area contributed by atoms with Gasteiger partial charge in [0.1, 0.15) is 11.6 Å². The van der Waals surface area contributed by atoms with Crippen molar-refractivity contribution in [3.05, 3.63) is 47.8 Å². The molecule has 1 aliphatic rings. The Bertz CT molecular complexity index is 828. The molecule has 0 radical (unpaired) electrons. The zero-order valence-corrected chi connectivity index (χ0v) is 15.1. The van der Waals surface area contributed by atoms with Gasteiger partial charge in [-0.1, -0.05) is 6.07 Å². The molecule has 0 bridgehead atoms. The van der Waals surface area contributed by atoms with Crippen molar-refractivity contribution in [2.24, 2.45) is 5.92 Å². The second-order valence-electron chi connectivity index (χ2n) is 6.84. The summed E-state index contributed by atoms with van der Waals surface area (Å²) in [7, 11) is 0. The first-order valence-electron chi connectivity index (χ1n) is 9.00. The zero-order valence-electron chi connectivity index (χ0n) is 15.1. The molecule has 144 valence electrons. The van der Waals surface area contributed by atoms with Gasteiger partial charge in [-0.05, 0) is 50.3 Å². The van der Waals surface area contributed by atoms with Crippen LogP contribution in [0.4, 0.5) is 9.18 Å². The second kappa shape index (κ2) is 8.20. The van der Waals surface area contributed by atoms with E-state index in [1.807, 2.05) is 0 Å². The number of aromatic nitrogens is 2. The van der Waals surface area contributed by atoms with E-state index >= 15 is 0 Å². The summed E-state index contributed by atoms with van der Waals surface area (Å²) in [5.74, 6) is -0.777. The molecule has 0 unspecified atom stereocenters. The Balaban J connectivity index is 1.50. The summed E-state index contributed by atoms with van der Waals surface area (Å²) >= 11 is 0. The van der Waals surface area contributed by atoms with Crippen LogP contribution in [-0.2, 0) is 11.3 Å². The number of aliphatic carboxylic acids is 1. The number of carbonyl (C=O) groups is 2. The molecule has 7 nitrogen and oxygen atoms in total. The summed E-state index contributed by atoms with van der Waals surface area (Å²) in [6.45, 7) is 2.00. The van der Waals surface area contributed by atoms with Gasteiger partial charge >= 0.3 is 12.0 Å². The largest absolute Gasteiger partial charge is 0.481 e. The quantitative estimate of drug-likeness (QED) is 0.750. The monoisotopic (exact) mass is 374 g/mol. The predicted octanol–water partition coefficient (Wildman–Crippen LogP) is 2.76. The molecule has 2 amide bonds. The third kappa shape index (κ3) is 4.64. The minimum Gasteiger partial charge on any atom is -0.481 e. The van der Waals surface area contributed by atoms with Crippen molar-refractivity contribution in [1.82, 2.24) is 20.2 Å². The maximum absolute atomic E-state index is 14.4. The van der Waals surface area contributed by atoms with Crippen LogP contribution >= 0.6 is 0 Å². The van der Waals surface area contributed by atoms with Crippen molar-refractivity contribution in [2.75, 3.05) is 0 Å². The highest BCUT2D eigenvalue weighted by Crippen LogP contribution is 2.24. The highest BCUT2D eigenvalue weighted by atomic mass is 19.1. The first-order chi connectivity index (χ1) is 12.9. The Labute approximate surface area is 156 Å². The van der Waals surface area contributed by atoms with Gasteiger partial charge in [0, 0.05) is 25.0 Å². The molecule has 1 heterocycles. The van der Waals surface area contributed by atoms with Crippen molar-refractivity contribution in [3.63, 3.8) is 0 Å². The number of nitrogens with zero attached hydrogens (tertiary/aromatic N) is 2. The highest BCUT2D eigenvalue weighted by Gasteiger charge is 2.26. The number of rotatable bonds is 5. The van der Waals surface area contributed by atoms with E-state index in [1.165, 1.54) is 6.07 Å². The van der Waals surface area contributed by atoms with Crippen molar-refractivity contribution in [1.29, 1.82) is 0 Å². The van der Waals surface area contributed by atoms with Crippen LogP contribution in [0.5, 0.6) is 0 Å². The smallest absolute Gasteiger partial charge is 0.315 e. The molecule has 1 aromatic carbocycles. The minimum atomic E-state index is -0.769. The molecule has 2 aromatic rings. The number of carboxylic acid groups (broad SMARTS) is 1. The van der Waals surface area contributed by atoms with E-state index in [4.69, 9.17) is 5.11 Å². The average Bonchev–Trinajstić information content (AvgIpc) is 3.06. The lowest BCUT2D eigenvalue weighted by Crippen LogP contribution is -2.43. The maximum Gasteiger partial charge on any atom is 0.315 e. The Morgan fingerprint density at radius 3 is 2.63 bits per heavy atom. The Morgan fingerprint density at radius 2 is 2.04 bits per heavy atom. The van der Waals surface area contributed by atoms with Gasteiger partial charge in [0.15, 0.2) is 0 Å². The van der Waals surface area contributed by atoms with Gasteiger partial charge in [-0.2, -0.15) is 0 Å². The lowest BCUT2D eigenvalue weighted by atomic mass is 9.86. The van der Waals surface area contributed by atoms with Gasteiger partial charge in [0.25, 0.3) is 0 Å². The van der Waals surface area contributed by atoms with E-state index in [2.05, 4.69) is 15.6 Å². The summed E-state index contributed by atoms with van der Waals surface area (Å²) in [6, 6.07) is 4.46. The number of carbonyl (C=O) groups excluding carboxylic acids is 1. The van der Waals surface area contributed by atoms with Crippen molar-refractivity contribution >= 4 is 12.0 Å². The van der Waals surface area contributed by atoms with Gasteiger partial charge in [-0.3, -0.25) is 4.79 Å². The van der Waals surface area contributed by atoms with Gasteiger partial charge in [0.2, 0.25) is 0 Å². The Kier molecular flexibility index (Phi) is 5.73. The van der Waals surface area contributed by atoms with Crippen LogP contribution in [0.2, 0.25) is 0 Å². The van der Waals surface area contributed by atoms with Crippen LogP contribution in [0.3, 0.4) is 0 Å². The van der Waals surface area contributed by atoms with E-state index in [-0.39, 0.29) is 30.4 Å². The first-order valence-corrected chi connectivity index (χ1v) is 9.00. The van der Waals surface area contributed by atoms with Gasteiger partial charge in [-0.25, -0.2) is 14.2 Å². The van der Waals surface area contributed by atoms with Crippen molar-refractivity contribution in [2.45, 2.75) is 45.2 Å². The van der Waals surface area contributed by atoms with E-state index in [0.29, 0.717) is 42.8 Å². The van der Waals surface area contributed by atoms with E-state index in [0.717, 1.165) is 0 Å².